The van der Waals surface area contributed by atoms with Gasteiger partial charge in [-0.05, 0) is 63.7 Å². The number of carbonyl (C=O) groups is 2. The lowest BCUT2D eigenvalue weighted by molar-refractivity contribution is 0.103. The van der Waals surface area contributed by atoms with E-state index in [1.54, 1.807) is 0 Å². The van der Waals surface area contributed by atoms with Crippen LogP contribution in [-0.2, 0) is 12.8 Å². The summed E-state index contributed by atoms with van der Waals surface area (Å²) in [4.78, 5) is 28.2. The molecule has 0 aliphatic carbocycles. The van der Waals surface area contributed by atoms with Crippen LogP contribution in [0.3, 0.4) is 0 Å². The first-order valence-electron chi connectivity index (χ1n) is 13.9. The minimum atomic E-state index is -2.37. The van der Waals surface area contributed by atoms with Gasteiger partial charge in [-0.1, -0.05) is 117 Å². The van der Waals surface area contributed by atoms with E-state index in [1.807, 2.05) is 18.2 Å². The van der Waals surface area contributed by atoms with Gasteiger partial charge in [0.2, 0.25) is 0 Å². The fourth-order valence-electron chi connectivity index (χ4n) is 4.19. The Morgan fingerprint density at radius 1 is 0.789 bits per heavy atom. The van der Waals surface area contributed by atoms with Gasteiger partial charge < -0.3 is 9.59 Å². The van der Waals surface area contributed by atoms with E-state index in [0.29, 0.717) is 11.1 Å². The number of aryl methyl sites for hydroxylation is 2. The molecular weight excluding hydrogens is 497 g/mol. The van der Waals surface area contributed by atoms with Crippen molar-refractivity contribution in [3.8, 4) is 12.3 Å². The predicted molar refractivity (Wildman–Crippen MR) is 170 cm³/mol. The standard InChI is InChI=1S/C34H48O2Si2/c1-13-16-27(14-2)28-18-15-17-25(23-28)19-20-26-21-22-29(31(35)37(9,10)33(3,4)5)30(24-26)32(36)38(11,12)34(6,7)8/h1,15-18,21-24H,14,19-20H2,2-12H3. The van der Waals surface area contributed by atoms with Gasteiger partial charge in [-0.2, -0.15) is 0 Å². The summed E-state index contributed by atoms with van der Waals surface area (Å²) in [7, 11) is -4.71. The number of carbonyl (C=O) groups excluding carboxylic acids is 2. The van der Waals surface area contributed by atoms with Gasteiger partial charge in [-0.25, -0.2) is 0 Å². The van der Waals surface area contributed by atoms with Gasteiger partial charge in [-0.3, -0.25) is 0 Å². The van der Waals surface area contributed by atoms with E-state index in [9.17, 15) is 9.59 Å². The van der Waals surface area contributed by atoms with Crippen LogP contribution in [0.15, 0.2) is 48.5 Å². The molecule has 2 aromatic rings. The molecule has 0 radical (unpaired) electrons. The topological polar surface area (TPSA) is 34.1 Å². The molecule has 0 aliphatic rings. The molecule has 204 valence electrons. The number of allylic oxidation sites excluding steroid dienone is 2. The van der Waals surface area contributed by atoms with Gasteiger partial charge in [0, 0.05) is 11.1 Å². The van der Waals surface area contributed by atoms with Gasteiger partial charge in [0.1, 0.15) is 27.0 Å². The van der Waals surface area contributed by atoms with E-state index in [2.05, 4.69) is 111 Å². The van der Waals surface area contributed by atoms with Crippen LogP contribution in [0.4, 0.5) is 0 Å². The fraction of sp³-hybridized carbons (Fsp3) is 0.471. The Morgan fingerprint density at radius 2 is 1.29 bits per heavy atom. The molecule has 0 amide bonds. The zero-order valence-corrected chi connectivity index (χ0v) is 27.6. The van der Waals surface area contributed by atoms with Crippen LogP contribution in [0, 0.1) is 12.3 Å². The third-order valence-corrected chi connectivity index (χ3v) is 19.4. The Hall–Kier alpha value is -2.49. The molecular formula is C34H48O2Si2. The van der Waals surface area contributed by atoms with Gasteiger partial charge in [-0.15, -0.1) is 6.42 Å². The molecule has 0 N–H and O–H groups in total. The monoisotopic (exact) mass is 544 g/mol. The Bertz CT molecular complexity index is 1260. The second-order valence-electron chi connectivity index (χ2n) is 13.7. The summed E-state index contributed by atoms with van der Waals surface area (Å²) >= 11 is 0. The van der Waals surface area contributed by atoms with Crippen molar-refractivity contribution >= 4 is 32.5 Å². The molecule has 0 aromatic heterocycles. The molecule has 0 bridgehead atoms. The molecule has 2 rings (SSSR count). The lowest BCUT2D eigenvalue weighted by atomic mass is 9.96. The number of rotatable bonds is 9. The second-order valence-corrected chi connectivity index (χ2v) is 24.1. The Kier molecular flexibility index (Phi) is 9.79. The Labute approximate surface area is 234 Å². The van der Waals surface area contributed by atoms with Crippen molar-refractivity contribution in [2.75, 3.05) is 0 Å². The van der Waals surface area contributed by atoms with Crippen LogP contribution in [-0.4, -0.2) is 27.0 Å². The van der Waals surface area contributed by atoms with E-state index in [-0.39, 0.29) is 20.9 Å². The highest BCUT2D eigenvalue weighted by Crippen LogP contribution is 2.41. The van der Waals surface area contributed by atoms with E-state index < -0.39 is 16.1 Å². The van der Waals surface area contributed by atoms with E-state index in [0.717, 1.165) is 36.0 Å². The largest absolute Gasteiger partial charge is 0.300 e. The average Bonchev–Trinajstić information content (AvgIpc) is 2.83. The summed E-state index contributed by atoms with van der Waals surface area (Å²) < 4.78 is 0. The molecule has 4 heteroatoms. The first-order valence-corrected chi connectivity index (χ1v) is 19.9. The van der Waals surface area contributed by atoms with Crippen LogP contribution < -0.4 is 0 Å². The molecule has 2 nitrogen and oxygen atoms in total. The lowest BCUT2D eigenvalue weighted by Crippen LogP contribution is -2.49. The SMILES string of the molecule is C#CC=C(CC)c1cccc(CCc2ccc(C(=O)[Si](C)(C)C(C)(C)C)c(C(=O)[Si](C)(C)C(C)(C)C)c2)c1. The summed E-state index contributed by atoms with van der Waals surface area (Å²) in [5.74, 6) is 2.65. The minimum absolute atomic E-state index is 0.101. The molecule has 0 saturated heterocycles. The third-order valence-electron chi connectivity index (χ3n) is 9.10. The first kappa shape index (κ1) is 31.7. The van der Waals surface area contributed by atoms with Gasteiger partial charge in [0.25, 0.3) is 0 Å². The minimum Gasteiger partial charge on any atom is -0.300 e. The molecule has 0 saturated carbocycles. The number of benzene rings is 2. The maximum absolute atomic E-state index is 14.2. The molecule has 0 atom stereocenters. The normalized spacial score (nSPS) is 13.3. The van der Waals surface area contributed by atoms with Crippen molar-refractivity contribution in [1.82, 2.24) is 0 Å². The van der Waals surface area contributed by atoms with Crippen molar-refractivity contribution in [2.24, 2.45) is 0 Å². The molecule has 0 unspecified atom stereocenters. The summed E-state index contributed by atoms with van der Waals surface area (Å²) in [6.45, 7) is 23.6. The smallest absolute Gasteiger partial charge is 0.141 e. The van der Waals surface area contributed by atoms with Crippen LogP contribution >= 0.6 is 0 Å². The third kappa shape index (κ3) is 6.74. The van der Waals surface area contributed by atoms with Gasteiger partial charge >= 0.3 is 0 Å². The van der Waals surface area contributed by atoms with Crippen molar-refractivity contribution in [1.29, 1.82) is 0 Å². The molecule has 38 heavy (non-hydrogen) atoms. The quantitative estimate of drug-likeness (QED) is 0.233. The fourth-order valence-corrected chi connectivity index (χ4v) is 7.33. The summed E-state index contributed by atoms with van der Waals surface area (Å²) in [6, 6.07) is 14.6. The molecule has 0 aliphatic heterocycles. The maximum atomic E-state index is 14.2. The zero-order chi connectivity index (χ0) is 29.1. The van der Waals surface area contributed by atoms with Gasteiger partial charge in [0.15, 0.2) is 0 Å². The molecule has 0 fully saturated rings. The van der Waals surface area contributed by atoms with Crippen LogP contribution in [0.2, 0.25) is 36.3 Å². The first-order chi connectivity index (χ1) is 17.4. The lowest BCUT2D eigenvalue weighted by Gasteiger charge is -2.37. The van der Waals surface area contributed by atoms with Crippen molar-refractivity contribution in [3.63, 3.8) is 0 Å². The molecule has 0 heterocycles. The zero-order valence-electron chi connectivity index (χ0n) is 25.6. The predicted octanol–water partition coefficient (Wildman–Crippen LogP) is 9.36. The van der Waals surface area contributed by atoms with E-state index >= 15 is 0 Å². The van der Waals surface area contributed by atoms with E-state index in [1.165, 1.54) is 5.56 Å². The Morgan fingerprint density at radius 3 is 1.76 bits per heavy atom. The Balaban J connectivity index is 2.53. The average molecular weight is 545 g/mol. The maximum Gasteiger partial charge on any atom is 0.141 e. The van der Waals surface area contributed by atoms with E-state index in [4.69, 9.17) is 6.42 Å². The van der Waals surface area contributed by atoms with Crippen LogP contribution in [0.5, 0.6) is 0 Å². The van der Waals surface area contributed by atoms with Crippen molar-refractivity contribution in [3.05, 3.63) is 76.4 Å². The summed E-state index contributed by atoms with van der Waals surface area (Å²) in [5.41, 5.74) is 5.92. The number of hydrogen-bond acceptors (Lipinski definition) is 2. The van der Waals surface area contributed by atoms with Crippen LogP contribution in [0.1, 0.15) is 92.3 Å². The second kappa shape index (κ2) is 11.7. The highest BCUT2D eigenvalue weighted by atomic mass is 28.3. The highest BCUT2D eigenvalue weighted by molar-refractivity contribution is 7.10. The van der Waals surface area contributed by atoms with Crippen molar-refractivity contribution < 1.29 is 9.59 Å². The van der Waals surface area contributed by atoms with Crippen molar-refractivity contribution in [2.45, 2.75) is 104 Å². The molecule has 2 aromatic carbocycles. The highest BCUT2D eigenvalue weighted by Gasteiger charge is 2.47. The number of hydrogen-bond donors (Lipinski definition) is 0. The summed E-state index contributed by atoms with van der Waals surface area (Å²) in [5, 5.41) is 0.151. The van der Waals surface area contributed by atoms with Crippen LogP contribution in [0.25, 0.3) is 5.57 Å². The van der Waals surface area contributed by atoms with Gasteiger partial charge in [0.05, 0.1) is 0 Å². The number of terminal acetylenes is 1. The summed E-state index contributed by atoms with van der Waals surface area (Å²) in [6.07, 6.45) is 9.90. The molecule has 0 spiro atoms.